The number of ketones is 1. The molecule has 1 aromatic carbocycles. The molecule has 0 radical (unpaired) electrons. The van der Waals surface area contributed by atoms with Gasteiger partial charge in [-0.15, -0.1) is 0 Å². The monoisotopic (exact) mass is 242 g/mol. The third-order valence-corrected chi connectivity index (χ3v) is 3.33. The molecule has 2 heteroatoms. The summed E-state index contributed by atoms with van der Waals surface area (Å²) in [6, 6.07) is 9.15. The predicted octanol–water partition coefficient (Wildman–Crippen LogP) is 3.14. The molecular weight excluding hydrogens is 224 g/mol. The quantitative estimate of drug-likeness (QED) is 0.823. The molecule has 0 amide bonds. The Morgan fingerprint density at radius 1 is 1.28 bits per heavy atom. The van der Waals surface area contributed by atoms with Gasteiger partial charge in [-0.25, -0.2) is 0 Å². The summed E-state index contributed by atoms with van der Waals surface area (Å²) in [5, 5.41) is 10.6. The number of Topliss-reactive ketones (excluding diaryl/α,β-unsaturated/α-hetero) is 1. The number of hydrogen-bond acceptors (Lipinski definition) is 2. The number of allylic oxidation sites excluding steroid dienone is 2. The Hall–Kier alpha value is -1.67. The lowest BCUT2D eigenvalue weighted by molar-refractivity contribution is 0.0340. The van der Waals surface area contributed by atoms with E-state index in [0.717, 1.165) is 6.42 Å². The van der Waals surface area contributed by atoms with Crippen LogP contribution in [0.3, 0.4) is 0 Å². The fourth-order valence-electron chi connectivity index (χ4n) is 2.40. The third-order valence-electron chi connectivity index (χ3n) is 3.33. The van der Waals surface area contributed by atoms with Crippen molar-refractivity contribution < 1.29 is 9.90 Å². The van der Waals surface area contributed by atoms with Crippen LogP contribution in [-0.4, -0.2) is 16.5 Å². The molecule has 2 unspecified atom stereocenters. The lowest BCUT2D eigenvalue weighted by Gasteiger charge is -2.32. The molecule has 0 spiro atoms. The first-order chi connectivity index (χ1) is 8.67. The second kappa shape index (κ2) is 5.32. The summed E-state index contributed by atoms with van der Waals surface area (Å²) in [6.07, 6.45) is 8.61. The van der Waals surface area contributed by atoms with Gasteiger partial charge in [-0.2, -0.15) is 0 Å². The van der Waals surface area contributed by atoms with Crippen molar-refractivity contribution in [3.63, 3.8) is 0 Å². The summed E-state index contributed by atoms with van der Waals surface area (Å²) in [4.78, 5) is 12.4. The minimum absolute atomic E-state index is 0.0212. The zero-order chi connectivity index (χ0) is 13.0. The summed E-state index contributed by atoms with van der Waals surface area (Å²) in [5.74, 6) is -0.503. The van der Waals surface area contributed by atoms with Crippen LogP contribution in [0, 0.1) is 5.92 Å². The molecule has 0 aromatic heterocycles. The molecule has 0 aliphatic heterocycles. The first kappa shape index (κ1) is 12.8. The molecule has 2 rings (SSSR count). The van der Waals surface area contributed by atoms with Gasteiger partial charge in [0.05, 0.1) is 11.5 Å². The summed E-state index contributed by atoms with van der Waals surface area (Å²) in [6.45, 7) is 2.01. The molecule has 1 aliphatic rings. The maximum atomic E-state index is 12.4. The summed E-state index contributed by atoms with van der Waals surface area (Å²) >= 11 is 0. The molecule has 2 atom stereocenters. The normalized spacial score (nSPS) is 26.2. The van der Waals surface area contributed by atoms with E-state index in [9.17, 15) is 9.90 Å². The zero-order valence-corrected chi connectivity index (χ0v) is 10.5. The molecule has 1 N–H and O–H groups in total. The highest BCUT2D eigenvalue weighted by molar-refractivity contribution is 6.00. The van der Waals surface area contributed by atoms with E-state index in [-0.39, 0.29) is 5.78 Å². The number of benzene rings is 1. The Morgan fingerprint density at radius 2 is 2.00 bits per heavy atom. The van der Waals surface area contributed by atoms with E-state index in [1.807, 2.05) is 37.3 Å². The highest BCUT2D eigenvalue weighted by Crippen LogP contribution is 2.31. The van der Waals surface area contributed by atoms with Gasteiger partial charge in [-0.1, -0.05) is 68.0 Å². The predicted molar refractivity (Wildman–Crippen MR) is 72.4 cm³/mol. The average Bonchev–Trinajstić information content (AvgIpc) is 2.39. The molecule has 2 nitrogen and oxygen atoms in total. The van der Waals surface area contributed by atoms with Crippen LogP contribution in [0.15, 0.2) is 54.6 Å². The maximum Gasteiger partial charge on any atom is 0.172 e. The standard InChI is InChI=1S/C16H18O2/c1-2-11-16(18)12-7-6-10-14(16)15(17)13-8-4-3-5-9-13/h3-10,12,14,18H,2,11H2,1H3. The molecule has 94 valence electrons. The Morgan fingerprint density at radius 3 is 2.67 bits per heavy atom. The highest BCUT2D eigenvalue weighted by atomic mass is 16.3. The van der Waals surface area contributed by atoms with Crippen LogP contribution in [-0.2, 0) is 0 Å². The van der Waals surface area contributed by atoms with E-state index >= 15 is 0 Å². The van der Waals surface area contributed by atoms with E-state index in [4.69, 9.17) is 0 Å². The smallest absolute Gasteiger partial charge is 0.172 e. The van der Waals surface area contributed by atoms with E-state index in [0.29, 0.717) is 12.0 Å². The minimum atomic E-state index is -1.05. The van der Waals surface area contributed by atoms with Gasteiger partial charge in [0.15, 0.2) is 5.78 Å². The van der Waals surface area contributed by atoms with Gasteiger partial charge in [0.2, 0.25) is 0 Å². The Kier molecular flexibility index (Phi) is 3.78. The lowest BCUT2D eigenvalue weighted by atomic mass is 9.76. The van der Waals surface area contributed by atoms with Crippen molar-refractivity contribution in [2.75, 3.05) is 0 Å². The largest absolute Gasteiger partial charge is 0.385 e. The van der Waals surface area contributed by atoms with Crippen LogP contribution in [0.5, 0.6) is 0 Å². The van der Waals surface area contributed by atoms with Gasteiger partial charge in [0, 0.05) is 5.56 Å². The topological polar surface area (TPSA) is 37.3 Å². The Balaban J connectivity index is 2.29. The zero-order valence-electron chi connectivity index (χ0n) is 10.5. The maximum absolute atomic E-state index is 12.4. The van der Waals surface area contributed by atoms with Crippen molar-refractivity contribution in [1.82, 2.24) is 0 Å². The van der Waals surface area contributed by atoms with Crippen LogP contribution >= 0.6 is 0 Å². The molecule has 0 saturated heterocycles. The first-order valence-corrected chi connectivity index (χ1v) is 6.35. The molecule has 0 heterocycles. The Labute approximate surface area is 108 Å². The number of carbonyl (C=O) groups excluding carboxylic acids is 1. The Bertz CT molecular complexity index is 473. The fourth-order valence-corrected chi connectivity index (χ4v) is 2.40. The van der Waals surface area contributed by atoms with Gasteiger partial charge in [0.1, 0.15) is 0 Å². The number of hydrogen-bond donors (Lipinski definition) is 1. The highest BCUT2D eigenvalue weighted by Gasteiger charge is 2.38. The number of carbonyl (C=O) groups is 1. The van der Waals surface area contributed by atoms with Crippen LogP contribution in [0.2, 0.25) is 0 Å². The van der Waals surface area contributed by atoms with E-state index in [1.54, 1.807) is 24.3 Å². The van der Waals surface area contributed by atoms with Crippen molar-refractivity contribution in [3.8, 4) is 0 Å². The average molecular weight is 242 g/mol. The molecule has 0 saturated carbocycles. The summed E-state index contributed by atoms with van der Waals surface area (Å²) in [5.41, 5.74) is -0.395. The second-order valence-electron chi connectivity index (χ2n) is 4.69. The molecule has 1 aliphatic carbocycles. The van der Waals surface area contributed by atoms with Crippen molar-refractivity contribution in [2.45, 2.75) is 25.4 Å². The number of aliphatic hydroxyl groups is 1. The molecule has 18 heavy (non-hydrogen) atoms. The van der Waals surface area contributed by atoms with Crippen molar-refractivity contribution in [3.05, 3.63) is 60.2 Å². The minimum Gasteiger partial charge on any atom is -0.385 e. The van der Waals surface area contributed by atoms with Crippen molar-refractivity contribution >= 4 is 5.78 Å². The van der Waals surface area contributed by atoms with Crippen LogP contribution < -0.4 is 0 Å². The first-order valence-electron chi connectivity index (χ1n) is 6.35. The lowest BCUT2D eigenvalue weighted by Crippen LogP contribution is -2.40. The van der Waals surface area contributed by atoms with Crippen molar-refractivity contribution in [1.29, 1.82) is 0 Å². The SMILES string of the molecule is CCCC1(O)C=CC=CC1C(=O)c1ccccc1. The van der Waals surface area contributed by atoms with Gasteiger partial charge in [-0.05, 0) is 6.42 Å². The van der Waals surface area contributed by atoms with Gasteiger partial charge >= 0.3 is 0 Å². The van der Waals surface area contributed by atoms with Gasteiger partial charge in [-0.3, -0.25) is 4.79 Å². The summed E-state index contributed by atoms with van der Waals surface area (Å²) in [7, 11) is 0. The van der Waals surface area contributed by atoms with Gasteiger partial charge in [0.25, 0.3) is 0 Å². The van der Waals surface area contributed by atoms with Crippen LogP contribution in [0.4, 0.5) is 0 Å². The molecular formula is C16H18O2. The van der Waals surface area contributed by atoms with E-state index < -0.39 is 11.5 Å². The third kappa shape index (κ3) is 2.44. The van der Waals surface area contributed by atoms with E-state index in [1.165, 1.54) is 0 Å². The fraction of sp³-hybridized carbons (Fsp3) is 0.312. The number of rotatable bonds is 4. The molecule has 0 bridgehead atoms. The van der Waals surface area contributed by atoms with Crippen LogP contribution in [0.1, 0.15) is 30.1 Å². The second-order valence-corrected chi connectivity index (χ2v) is 4.69. The van der Waals surface area contributed by atoms with Crippen molar-refractivity contribution in [2.24, 2.45) is 5.92 Å². The molecule has 0 fully saturated rings. The summed E-state index contributed by atoms with van der Waals surface area (Å²) < 4.78 is 0. The molecule has 1 aromatic rings. The van der Waals surface area contributed by atoms with E-state index in [2.05, 4.69) is 0 Å². The van der Waals surface area contributed by atoms with Gasteiger partial charge < -0.3 is 5.11 Å². The van der Waals surface area contributed by atoms with Crippen LogP contribution in [0.25, 0.3) is 0 Å².